The Morgan fingerprint density at radius 3 is 2.38 bits per heavy atom. The minimum Gasteiger partial charge on any atom is -0.397 e. The zero-order chi connectivity index (χ0) is 8.27. The molecule has 0 aromatic carbocycles. The summed E-state index contributed by atoms with van der Waals surface area (Å²) in [5, 5.41) is 0. The highest BCUT2D eigenvalue weighted by molar-refractivity contribution is 5.85. The molecule has 4 heteroatoms. The molecule has 0 aliphatic heterocycles. The standard InChI is InChI=1S/C9H14N2.2ClH/c1-3-7(2)9-5-4-8(10)6-11-9;;/h4-7H,3,10H2,1-2H3;2*1H. The second-order valence-corrected chi connectivity index (χ2v) is 2.83. The lowest BCUT2D eigenvalue weighted by Gasteiger charge is -2.06. The van der Waals surface area contributed by atoms with E-state index in [4.69, 9.17) is 5.73 Å². The van der Waals surface area contributed by atoms with Gasteiger partial charge in [-0.15, -0.1) is 24.8 Å². The van der Waals surface area contributed by atoms with E-state index in [1.807, 2.05) is 12.1 Å². The summed E-state index contributed by atoms with van der Waals surface area (Å²) in [6, 6.07) is 3.89. The molecule has 0 fully saturated rings. The Morgan fingerprint density at radius 2 is 2.00 bits per heavy atom. The molecule has 1 atom stereocenters. The Balaban J connectivity index is 0. The van der Waals surface area contributed by atoms with E-state index in [1.54, 1.807) is 6.20 Å². The van der Waals surface area contributed by atoms with E-state index < -0.39 is 0 Å². The lowest BCUT2D eigenvalue weighted by atomic mass is 10.0. The first kappa shape index (κ1) is 15.0. The molecule has 13 heavy (non-hydrogen) atoms. The highest BCUT2D eigenvalue weighted by atomic mass is 35.5. The maximum Gasteiger partial charge on any atom is 0.0501 e. The van der Waals surface area contributed by atoms with Gasteiger partial charge in [0, 0.05) is 5.69 Å². The van der Waals surface area contributed by atoms with E-state index in [1.165, 1.54) is 0 Å². The Labute approximate surface area is 91.8 Å². The molecule has 1 heterocycles. The van der Waals surface area contributed by atoms with Crippen LogP contribution in [0.15, 0.2) is 18.3 Å². The monoisotopic (exact) mass is 222 g/mol. The normalized spacial score (nSPS) is 10.9. The van der Waals surface area contributed by atoms with Crippen molar-refractivity contribution in [2.24, 2.45) is 0 Å². The lowest BCUT2D eigenvalue weighted by Crippen LogP contribution is -1.95. The van der Waals surface area contributed by atoms with Crippen LogP contribution >= 0.6 is 24.8 Å². The van der Waals surface area contributed by atoms with Gasteiger partial charge in [0.2, 0.25) is 0 Å². The molecular formula is C9H16Cl2N2. The number of hydrogen-bond donors (Lipinski definition) is 1. The summed E-state index contributed by atoms with van der Waals surface area (Å²) < 4.78 is 0. The predicted octanol–water partition coefficient (Wildman–Crippen LogP) is 3.02. The van der Waals surface area contributed by atoms with Gasteiger partial charge in [0.1, 0.15) is 0 Å². The Hall–Kier alpha value is -0.470. The van der Waals surface area contributed by atoms with Crippen molar-refractivity contribution in [2.45, 2.75) is 26.2 Å². The molecule has 0 bridgehead atoms. The maximum atomic E-state index is 5.51. The van der Waals surface area contributed by atoms with Crippen LogP contribution in [-0.2, 0) is 0 Å². The first-order valence-electron chi connectivity index (χ1n) is 3.95. The number of anilines is 1. The number of nitrogens with two attached hydrogens (primary N) is 1. The Kier molecular flexibility index (Phi) is 8.07. The van der Waals surface area contributed by atoms with Crippen LogP contribution in [-0.4, -0.2) is 4.98 Å². The van der Waals surface area contributed by atoms with Gasteiger partial charge >= 0.3 is 0 Å². The fourth-order valence-electron chi connectivity index (χ4n) is 0.917. The fourth-order valence-corrected chi connectivity index (χ4v) is 0.917. The lowest BCUT2D eigenvalue weighted by molar-refractivity contribution is 0.708. The van der Waals surface area contributed by atoms with Crippen molar-refractivity contribution in [1.82, 2.24) is 4.98 Å². The van der Waals surface area contributed by atoms with Gasteiger partial charge in [-0.25, -0.2) is 0 Å². The summed E-state index contributed by atoms with van der Waals surface area (Å²) in [5.74, 6) is 0.538. The molecule has 2 N–H and O–H groups in total. The molecule has 76 valence electrons. The molecule has 0 aliphatic rings. The molecule has 0 spiro atoms. The quantitative estimate of drug-likeness (QED) is 0.836. The minimum absolute atomic E-state index is 0. The first-order valence-corrected chi connectivity index (χ1v) is 3.95. The number of nitrogen functional groups attached to an aromatic ring is 1. The van der Waals surface area contributed by atoms with Gasteiger partial charge in [-0.1, -0.05) is 13.8 Å². The van der Waals surface area contributed by atoms with E-state index in [2.05, 4.69) is 18.8 Å². The minimum atomic E-state index is 0. The summed E-state index contributed by atoms with van der Waals surface area (Å²) in [6.45, 7) is 4.32. The second-order valence-electron chi connectivity index (χ2n) is 2.83. The largest absolute Gasteiger partial charge is 0.397 e. The smallest absolute Gasteiger partial charge is 0.0501 e. The van der Waals surface area contributed by atoms with Crippen molar-refractivity contribution < 1.29 is 0 Å². The third-order valence-electron chi connectivity index (χ3n) is 1.93. The second kappa shape index (κ2) is 6.98. The zero-order valence-corrected chi connectivity index (χ0v) is 9.49. The fraction of sp³-hybridized carbons (Fsp3) is 0.444. The van der Waals surface area contributed by atoms with Gasteiger partial charge in [-0.2, -0.15) is 0 Å². The van der Waals surface area contributed by atoms with E-state index in [0.29, 0.717) is 5.92 Å². The van der Waals surface area contributed by atoms with Crippen molar-refractivity contribution in [3.05, 3.63) is 24.0 Å². The van der Waals surface area contributed by atoms with Crippen LogP contribution < -0.4 is 5.73 Å². The van der Waals surface area contributed by atoms with Crippen LogP contribution in [0.3, 0.4) is 0 Å². The van der Waals surface area contributed by atoms with Gasteiger partial charge in [-0.05, 0) is 24.5 Å². The van der Waals surface area contributed by atoms with Crippen molar-refractivity contribution in [1.29, 1.82) is 0 Å². The molecule has 0 saturated heterocycles. The maximum absolute atomic E-state index is 5.51. The number of nitrogens with zero attached hydrogens (tertiary/aromatic N) is 1. The molecule has 0 saturated carbocycles. The molecule has 0 aliphatic carbocycles. The molecule has 2 nitrogen and oxygen atoms in total. The third-order valence-corrected chi connectivity index (χ3v) is 1.93. The van der Waals surface area contributed by atoms with Gasteiger partial charge in [0.25, 0.3) is 0 Å². The Bertz CT molecular complexity index is 224. The Morgan fingerprint density at radius 1 is 1.38 bits per heavy atom. The third kappa shape index (κ3) is 4.34. The molecule has 1 unspecified atom stereocenters. The first-order chi connectivity index (χ1) is 5.24. The van der Waals surface area contributed by atoms with Crippen LogP contribution in [0.5, 0.6) is 0 Å². The molecule has 1 rings (SSSR count). The molecule has 0 amide bonds. The van der Waals surface area contributed by atoms with E-state index in [-0.39, 0.29) is 24.8 Å². The van der Waals surface area contributed by atoms with Gasteiger partial charge in [-0.3, -0.25) is 4.98 Å². The van der Waals surface area contributed by atoms with Crippen LogP contribution in [0, 0.1) is 0 Å². The highest BCUT2D eigenvalue weighted by Gasteiger charge is 2.02. The van der Waals surface area contributed by atoms with Gasteiger partial charge in [0.05, 0.1) is 11.9 Å². The topological polar surface area (TPSA) is 38.9 Å². The number of rotatable bonds is 2. The summed E-state index contributed by atoms with van der Waals surface area (Å²) >= 11 is 0. The van der Waals surface area contributed by atoms with E-state index in [0.717, 1.165) is 17.8 Å². The van der Waals surface area contributed by atoms with Gasteiger partial charge in [0.15, 0.2) is 0 Å². The van der Waals surface area contributed by atoms with E-state index in [9.17, 15) is 0 Å². The number of hydrogen-bond acceptors (Lipinski definition) is 2. The van der Waals surface area contributed by atoms with Crippen LogP contribution in [0.2, 0.25) is 0 Å². The molecular weight excluding hydrogens is 207 g/mol. The van der Waals surface area contributed by atoms with Crippen LogP contribution in [0.4, 0.5) is 5.69 Å². The van der Waals surface area contributed by atoms with Crippen LogP contribution in [0.1, 0.15) is 31.9 Å². The average Bonchev–Trinajstić information content (AvgIpc) is 2.05. The van der Waals surface area contributed by atoms with Crippen molar-refractivity contribution in [3.8, 4) is 0 Å². The molecule has 0 radical (unpaired) electrons. The number of halogens is 2. The van der Waals surface area contributed by atoms with Gasteiger partial charge < -0.3 is 5.73 Å². The molecule has 1 aromatic heterocycles. The summed E-state index contributed by atoms with van der Waals surface area (Å²) in [4.78, 5) is 4.22. The van der Waals surface area contributed by atoms with E-state index >= 15 is 0 Å². The number of aromatic nitrogens is 1. The van der Waals surface area contributed by atoms with Crippen molar-refractivity contribution in [2.75, 3.05) is 5.73 Å². The zero-order valence-electron chi connectivity index (χ0n) is 7.86. The summed E-state index contributed by atoms with van der Waals surface area (Å²) in [6.07, 6.45) is 2.83. The predicted molar refractivity (Wildman–Crippen MR) is 61.9 cm³/mol. The summed E-state index contributed by atoms with van der Waals surface area (Å²) in [5.41, 5.74) is 7.37. The average molecular weight is 223 g/mol. The van der Waals surface area contributed by atoms with Crippen molar-refractivity contribution >= 4 is 30.5 Å². The van der Waals surface area contributed by atoms with Crippen molar-refractivity contribution in [3.63, 3.8) is 0 Å². The molecule has 1 aromatic rings. The number of pyridine rings is 1. The highest BCUT2D eigenvalue weighted by Crippen LogP contribution is 2.16. The van der Waals surface area contributed by atoms with Crippen LogP contribution in [0.25, 0.3) is 0 Å². The summed E-state index contributed by atoms with van der Waals surface area (Å²) in [7, 11) is 0. The SMILES string of the molecule is CCC(C)c1ccc(N)cn1.Cl.Cl.